The molecule has 1 heterocycles. The molecule has 0 aliphatic carbocycles. The number of allylic oxidation sites excluding steroid dienone is 1. The van der Waals surface area contributed by atoms with Crippen LogP contribution in [0.15, 0.2) is 12.2 Å². The van der Waals surface area contributed by atoms with Crippen LogP contribution in [0, 0.1) is 0 Å². The third kappa shape index (κ3) is 24.8. The molecule has 9 heteroatoms. The van der Waals surface area contributed by atoms with E-state index in [0.29, 0.717) is 6.42 Å². The van der Waals surface area contributed by atoms with Gasteiger partial charge in [-0.3, -0.25) is 4.79 Å². The van der Waals surface area contributed by atoms with E-state index in [4.69, 9.17) is 9.47 Å². The van der Waals surface area contributed by atoms with Crippen molar-refractivity contribution < 1.29 is 39.8 Å². The molecule has 0 aromatic heterocycles. The highest BCUT2D eigenvalue weighted by atomic mass is 16.7. The summed E-state index contributed by atoms with van der Waals surface area (Å²) < 4.78 is 11.2. The molecule has 1 fully saturated rings. The maximum Gasteiger partial charge on any atom is 0.220 e. The fraction of sp³-hybridized carbons (Fsp3) is 0.929. The molecule has 0 radical (unpaired) electrons. The van der Waals surface area contributed by atoms with Gasteiger partial charge >= 0.3 is 0 Å². The Balaban J connectivity index is 2.33. The Bertz CT molecular complexity index is 812. The minimum Gasteiger partial charge on any atom is -0.394 e. The average molecular weight is 728 g/mol. The summed E-state index contributed by atoms with van der Waals surface area (Å²) in [5.41, 5.74) is 0. The quantitative estimate of drug-likeness (QED) is 0.0283. The summed E-state index contributed by atoms with van der Waals surface area (Å²) in [6.45, 7) is 3.75. The van der Waals surface area contributed by atoms with Crippen LogP contribution in [0.25, 0.3) is 0 Å². The number of hydrogen-bond donors (Lipinski definition) is 6. The van der Waals surface area contributed by atoms with E-state index in [1.807, 2.05) is 6.08 Å². The fourth-order valence-electron chi connectivity index (χ4n) is 6.86. The topological polar surface area (TPSA) is 149 Å². The van der Waals surface area contributed by atoms with Crippen molar-refractivity contribution in [3.05, 3.63) is 12.2 Å². The smallest absolute Gasteiger partial charge is 0.220 e. The van der Waals surface area contributed by atoms with Crippen molar-refractivity contribution >= 4 is 5.91 Å². The number of carbonyl (C=O) groups excluding carboxylic acids is 1. The van der Waals surface area contributed by atoms with Crippen LogP contribution in [0.2, 0.25) is 0 Å². The van der Waals surface area contributed by atoms with Crippen LogP contribution in [0.4, 0.5) is 0 Å². The van der Waals surface area contributed by atoms with Crippen molar-refractivity contribution in [3.8, 4) is 0 Å². The Labute approximate surface area is 312 Å². The van der Waals surface area contributed by atoms with E-state index in [1.165, 1.54) is 135 Å². The monoisotopic (exact) mass is 728 g/mol. The van der Waals surface area contributed by atoms with Crippen molar-refractivity contribution in [2.75, 3.05) is 13.2 Å². The normalized spacial score (nSPS) is 22.1. The molecule has 0 saturated carbocycles. The van der Waals surface area contributed by atoms with E-state index in [0.717, 1.165) is 38.5 Å². The van der Waals surface area contributed by atoms with Crippen LogP contribution in [0.3, 0.4) is 0 Å². The zero-order valence-electron chi connectivity index (χ0n) is 32.9. The second kappa shape index (κ2) is 33.5. The SMILES string of the molecule is CCCCCCCCCC/C=C/[C@@H](O)[C@H](CO[C@H]1O[C@@H](CO)[C@H](O)C(O)C1O)NC(=O)CCCCCCCCCCCCCCCCCCCC. The predicted octanol–water partition coefficient (Wildman–Crippen LogP) is 8.17. The molecule has 1 saturated heterocycles. The number of ether oxygens (including phenoxy) is 2. The average Bonchev–Trinajstić information content (AvgIpc) is 3.13. The first-order valence-electron chi connectivity index (χ1n) is 21.4. The van der Waals surface area contributed by atoms with Gasteiger partial charge in [0, 0.05) is 6.42 Å². The van der Waals surface area contributed by atoms with Gasteiger partial charge in [-0.2, -0.15) is 0 Å². The van der Waals surface area contributed by atoms with Gasteiger partial charge in [-0.05, 0) is 19.3 Å². The molecule has 0 aromatic rings. The summed E-state index contributed by atoms with van der Waals surface area (Å²) in [5, 5.41) is 53.9. The number of carbonyl (C=O) groups is 1. The van der Waals surface area contributed by atoms with E-state index in [1.54, 1.807) is 6.08 Å². The van der Waals surface area contributed by atoms with Gasteiger partial charge < -0.3 is 40.3 Å². The molecule has 0 aromatic carbocycles. The van der Waals surface area contributed by atoms with Crippen LogP contribution >= 0.6 is 0 Å². The molecule has 1 aliphatic heterocycles. The van der Waals surface area contributed by atoms with Gasteiger partial charge in [0.05, 0.1) is 25.4 Å². The number of aliphatic hydroxyl groups excluding tert-OH is 5. The number of aliphatic hydroxyl groups is 5. The largest absolute Gasteiger partial charge is 0.394 e. The Morgan fingerprint density at radius 3 is 1.53 bits per heavy atom. The lowest BCUT2D eigenvalue weighted by Crippen LogP contribution is -2.60. The van der Waals surface area contributed by atoms with E-state index >= 15 is 0 Å². The van der Waals surface area contributed by atoms with Crippen molar-refractivity contribution in [1.82, 2.24) is 5.32 Å². The van der Waals surface area contributed by atoms with Crippen molar-refractivity contribution in [2.45, 2.75) is 236 Å². The van der Waals surface area contributed by atoms with Gasteiger partial charge in [-0.15, -0.1) is 0 Å². The van der Waals surface area contributed by atoms with Gasteiger partial charge in [0.2, 0.25) is 5.91 Å². The number of unbranched alkanes of at least 4 members (excludes halogenated alkanes) is 25. The standard InChI is InChI=1S/C42H81NO8/c1-3-5-7-9-11-13-15-16-17-18-19-20-21-22-24-26-28-30-32-38(46)43-35(34-50-42-41(49)40(48)39(47)37(33-44)51-42)36(45)31-29-27-25-23-14-12-10-8-6-4-2/h29,31,35-37,39-42,44-45,47-49H,3-28,30,32-34H2,1-2H3,(H,43,46)/b31-29+/t35-,36+,37-,39-,40?,41?,42-/m0/s1. The van der Waals surface area contributed by atoms with Crippen molar-refractivity contribution in [2.24, 2.45) is 0 Å². The molecule has 6 N–H and O–H groups in total. The summed E-state index contributed by atoms with van der Waals surface area (Å²) in [4.78, 5) is 12.9. The lowest BCUT2D eigenvalue weighted by molar-refractivity contribution is -0.302. The summed E-state index contributed by atoms with van der Waals surface area (Å²) in [6.07, 6.45) is 29.7. The molecular weight excluding hydrogens is 646 g/mol. The van der Waals surface area contributed by atoms with Gasteiger partial charge in [-0.25, -0.2) is 0 Å². The maximum absolute atomic E-state index is 12.9. The molecule has 0 bridgehead atoms. The number of amides is 1. The maximum atomic E-state index is 12.9. The van der Waals surface area contributed by atoms with E-state index in [9.17, 15) is 30.3 Å². The lowest BCUT2D eigenvalue weighted by atomic mass is 9.99. The summed E-state index contributed by atoms with van der Waals surface area (Å²) in [7, 11) is 0. The van der Waals surface area contributed by atoms with Crippen LogP contribution in [0.1, 0.15) is 194 Å². The third-order valence-corrected chi connectivity index (χ3v) is 10.4. The molecule has 1 rings (SSSR count). The van der Waals surface area contributed by atoms with Gasteiger partial charge in [0.1, 0.15) is 24.4 Å². The molecule has 2 unspecified atom stereocenters. The minimum atomic E-state index is -1.56. The van der Waals surface area contributed by atoms with Crippen LogP contribution < -0.4 is 5.32 Å². The highest BCUT2D eigenvalue weighted by molar-refractivity contribution is 5.76. The van der Waals surface area contributed by atoms with Gasteiger partial charge in [-0.1, -0.05) is 180 Å². The summed E-state index contributed by atoms with van der Waals surface area (Å²) in [6, 6.07) is -0.796. The lowest BCUT2D eigenvalue weighted by Gasteiger charge is -2.40. The molecule has 7 atom stereocenters. The summed E-state index contributed by atoms with van der Waals surface area (Å²) in [5.74, 6) is -0.176. The second-order valence-corrected chi connectivity index (χ2v) is 15.1. The second-order valence-electron chi connectivity index (χ2n) is 15.1. The highest BCUT2D eigenvalue weighted by Gasteiger charge is 2.44. The summed E-state index contributed by atoms with van der Waals surface area (Å²) >= 11 is 0. The first-order valence-corrected chi connectivity index (χ1v) is 21.4. The van der Waals surface area contributed by atoms with Crippen molar-refractivity contribution in [3.63, 3.8) is 0 Å². The predicted molar refractivity (Wildman–Crippen MR) is 207 cm³/mol. The molecule has 302 valence electrons. The zero-order valence-corrected chi connectivity index (χ0v) is 32.9. The van der Waals surface area contributed by atoms with Crippen LogP contribution in [0.5, 0.6) is 0 Å². The van der Waals surface area contributed by atoms with E-state index < -0.39 is 49.5 Å². The molecular formula is C42H81NO8. The molecule has 51 heavy (non-hydrogen) atoms. The number of rotatable bonds is 35. The first kappa shape index (κ1) is 48.0. The van der Waals surface area contributed by atoms with Crippen molar-refractivity contribution in [1.29, 1.82) is 0 Å². The Morgan fingerprint density at radius 2 is 1.08 bits per heavy atom. The van der Waals surface area contributed by atoms with Crippen LogP contribution in [-0.2, 0) is 14.3 Å². The first-order chi connectivity index (χ1) is 24.8. The Kier molecular flexibility index (Phi) is 31.5. The molecule has 1 amide bonds. The highest BCUT2D eigenvalue weighted by Crippen LogP contribution is 2.22. The molecule has 1 aliphatic rings. The fourth-order valence-corrected chi connectivity index (χ4v) is 6.86. The minimum absolute atomic E-state index is 0.176. The van der Waals surface area contributed by atoms with E-state index in [-0.39, 0.29) is 12.5 Å². The third-order valence-electron chi connectivity index (χ3n) is 10.4. The van der Waals surface area contributed by atoms with Gasteiger partial charge in [0.25, 0.3) is 0 Å². The van der Waals surface area contributed by atoms with E-state index in [2.05, 4.69) is 19.2 Å². The van der Waals surface area contributed by atoms with Gasteiger partial charge in [0.15, 0.2) is 6.29 Å². The Hall–Kier alpha value is -1.07. The zero-order chi connectivity index (χ0) is 37.4. The Morgan fingerprint density at radius 1 is 0.647 bits per heavy atom. The number of hydrogen-bond acceptors (Lipinski definition) is 8. The number of nitrogens with one attached hydrogen (secondary N) is 1. The molecule has 9 nitrogen and oxygen atoms in total. The molecule has 0 spiro atoms. The van der Waals surface area contributed by atoms with Crippen LogP contribution in [-0.4, -0.2) is 87.5 Å².